The number of hydrogen-bond acceptors (Lipinski definition) is 2. The molecule has 0 saturated heterocycles. The summed E-state index contributed by atoms with van der Waals surface area (Å²) in [4.78, 5) is 11.8. The lowest BCUT2D eigenvalue weighted by Gasteiger charge is -2.27. The van der Waals surface area contributed by atoms with Gasteiger partial charge in [0.2, 0.25) is 0 Å². The predicted molar refractivity (Wildman–Crippen MR) is 76.6 cm³/mol. The van der Waals surface area contributed by atoms with E-state index >= 15 is 0 Å². The Labute approximate surface area is 114 Å². The number of nitrogens with two attached hydrogens (primary N) is 1. The molecule has 1 fully saturated rings. The summed E-state index contributed by atoms with van der Waals surface area (Å²) in [5, 5.41) is 5.83. The van der Waals surface area contributed by atoms with Crippen LogP contribution in [0.5, 0.6) is 0 Å². The van der Waals surface area contributed by atoms with E-state index in [2.05, 4.69) is 10.6 Å². The molecular weight excluding hydrogens is 238 g/mol. The normalized spacial score (nSPS) is 17.1. The van der Waals surface area contributed by atoms with E-state index in [9.17, 15) is 4.79 Å². The Morgan fingerprint density at radius 1 is 1.16 bits per heavy atom. The first kappa shape index (κ1) is 13.9. The molecule has 1 aromatic carbocycles. The van der Waals surface area contributed by atoms with Gasteiger partial charge in [-0.1, -0.05) is 43.2 Å². The summed E-state index contributed by atoms with van der Waals surface area (Å²) in [5.41, 5.74) is 7.08. The molecule has 0 bridgehead atoms. The van der Waals surface area contributed by atoms with E-state index in [1.807, 2.05) is 30.3 Å². The van der Waals surface area contributed by atoms with Gasteiger partial charge in [-0.3, -0.25) is 0 Å². The van der Waals surface area contributed by atoms with Gasteiger partial charge in [-0.05, 0) is 24.9 Å². The minimum Gasteiger partial charge on any atom is -0.338 e. The second kappa shape index (κ2) is 6.57. The Morgan fingerprint density at radius 3 is 2.47 bits per heavy atom. The third-order valence-corrected chi connectivity index (χ3v) is 4.02. The molecule has 4 nitrogen and oxygen atoms in total. The molecule has 2 rings (SSSR count). The standard InChI is InChI=1S/C15H23N3O/c16-11-15(8-4-5-9-15)12-18-14(19)17-10-13-6-2-1-3-7-13/h1-3,6-7H,4-5,8-12,16H2,(H2,17,18,19). The zero-order chi connectivity index (χ0) is 13.6. The van der Waals surface area contributed by atoms with Gasteiger partial charge in [-0.2, -0.15) is 0 Å². The topological polar surface area (TPSA) is 67.1 Å². The van der Waals surface area contributed by atoms with Gasteiger partial charge in [0, 0.05) is 18.5 Å². The Balaban J connectivity index is 1.72. The minimum atomic E-state index is -0.108. The zero-order valence-corrected chi connectivity index (χ0v) is 11.3. The van der Waals surface area contributed by atoms with Crippen molar-refractivity contribution in [2.24, 2.45) is 11.1 Å². The Bertz CT molecular complexity index is 399. The van der Waals surface area contributed by atoms with E-state index < -0.39 is 0 Å². The van der Waals surface area contributed by atoms with Crippen molar-refractivity contribution < 1.29 is 4.79 Å². The first-order valence-corrected chi connectivity index (χ1v) is 7.00. The predicted octanol–water partition coefficient (Wildman–Crippen LogP) is 2.00. The van der Waals surface area contributed by atoms with Crippen molar-refractivity contribution in [3.8, 4) is 0 Å². The number of hydrogen-bond donors (Lipinski definition) is 3. The highest BCUT2D eigenvalue weighted by atomic mass is 16.2. The fourth-order valence-corrected chi connectivity index (χ4v) is 2.69. The largest absolute Gasteiger partial charge is 0.338 e. The molecule has 1 aromatic rings. The van der Waals surface area contributed by atoms with Crippen molar-refractivity contribution in [3.05, 3.63) is 35.9 Å². The zero-order valence-electron chi connectivity index (χ0n) is 11.3. The fraction of sp³-hybridized carbons (Fsp3) is 0.533. The molecule has 0 aliphatic heterocycles. The van der Waals surface area contributed by atoms with Crippen LogP contribution in [0.4, 0.5) is 4.79 Å². The summed E-state index contributed by atoms with van der Waals surface area (Å²) in [6, 6.07) is 9.79. The summed E-state index contributed by atoms with van der Waals surface area (Å²) >= 11 is 0. The molecule has 19 heavy (non-hydrogen) atoms. The lowest BCUT2D eigenvalue weighted by atomic mass is 9.86. The van der Waals surface area contributed by atoms with Crippen LogP contribution < -0.4 is 16.4 Å². The van der Waals surface area contributed by atoms with Crippen LogP contribution in [0.1, 0.15) is 31.2 Å². The average Bonchev–Trinajstić information content (AvgIpc) is 2.93. The monoisotopic (exact) mass is 261 g/mol. The SMILES string of the molecule is NCC1(CNC(=O)NCc2ccccc2)CCCC1. The maximum Gasteiger partial charge on any atom is 0.315 e. The molecule has 0 heterocycles. The number of carbonyl (C=O) groups excluding carboxylic acids is 1. The molecule has 0 atom stereocenters. The Hall–Kier alpha value is -1.55. The molecule has 0 spiro atoms. The molecule has 0 aromatic heterocycles. The van der Waals surface area contributed by atoms with E-state index in [0.29, 0.717) is 19.6 Å². The summed E-state index contributed by atoms with van der Waals surface area (Å²) in [5.74, 6) is 0. The summed E-state index contributed by atoms with van der Waals surface area (Å²) < 4.78 is 0. The van der Waals surface area contributed by atoms with Crippen LogP contribution >= 0.6 is 0 Å². The highest BCUT2D eigenvalue weighted by Gasteiger charge is 2.32. The molecular formula is C15H23N3O. The highest BCUT2D eigenvalue weighted by Crippen LogP contribution is 2.36. The smallest absolute Gasteiger partial charge is 0.315 e. The lowest BCUT2D eigenvalue weighted by molar-refractivity contribution is 0.228. The molecule has 1 aliphatic carbocycles. The van der Waals surface area contributed by atoms with Crippen LogP contribution in [-0.2, 0) is 6.54 Å². The number of rotatable bonds is 5. The Kier molecular flexibility index (Phi) is 4.80. The molecule has 4 N–H and O–H groups in total. The minimum absolute atomic E-state index is 0.108. The van der Waals surface area contributed by atoms with Crippen LogP contribution in [0.2, 0.25) is 0 Å². The second-order valence-electron chi connectivity index (χ2n) is 5.43. The van der Waals surface area contributed by atoms with Crippen LogP contribution in [0.25, 0.3) is 0 Å². The number of nitrogens with one attached hydrogen (secondary N) is 2. The summed E-state index contributed by atoms with van der Waals surface area (Å²) in [7, 11) is 0. The van der Waals surface area contributed by atoms with Gasteiger partial charge in [0.25, 0.3) is 0 Å². The first-order valence-electron chi connectivity index (χ1n) is 7.00. The summed E-state index contributed by atoms with van der Waals surface area (Å²) in [6.07, 6.45) is 4.71. The Morgan fingerprint density at radius 2 is 1.84 bits per heavy atom. The average molecular weight is 261 g/mol. The van der Waals surface area contributed by atoms with Crippen molar-refractivity contribution >= 4 is 6.03 Å². The van der Waals surface area contributed by atoms with Gasteiger partial charge < -0.3 is 16.4 Å². The van der Waals surface area contributed by atoms with Crippen LogP contribution in [-0.4, -0.2) is 19.1 Å². The molecule has 0 radical (unpaired) electrons. The van der Waals surface area contributed by atoms with Crippen LogP contribution in [0.15, 0.2) is 30.3 Å². The van der Waals surface area contributed by atoms with E-state index in [1.165, 1.54) is 12.8 Å². The van der Waals surface area contributed by atoms with Gasteiger partial charge in [-0.15, -0.1) is 0 Å². The van der Waals surface area contributed by atoms with Crippen molar-refractivity contribution in [1.29, 1.82) is 0 Å². The number of carbonyl (C=O) groups is 1. The van der Waals surface area contributed by atoms with Gasteiger partial charge >= 0.3 is 6.03 Å². The third-order valence-electron chi connectivity index (χ3n) is 4.02. The van der Waals surface area contributed by atoms with Gasteiger partial charge in [0.05, 0.1) is 0 Å². The van der Waals surface area contributed by atoms with Gasteiger partial charge in [-0.25, -0.2) is 4.79 Å². The molecule has 1 saturated carbocycles. The van der Waals surface area contributed by atoms with Crippen LogP contribution in [0, 0.1) is 5.41 Å². The maximum absolute atomic E-state index is 11.8. The number of urea groups is 1. The number of benzene rings is 1. The number of amides is 2. The van der Waals surface area contributed by atoms with Crippen molar-refractivity contribution in [3.63, 3.8) is 0 Å². The lowest BCUT2D eigenvalue weighted by Crippen LogP contribution is -2.44. The second-order valence-corrected chi connectivity index (χ2v) is 5.43. The van der Waals surface area contributed by atoms with E-state index in [1.54, 1.807) is 0 Å². The molecule has 2 amide bonds. The fourth-order valence-electron chi connectivity index (χ4n) is 2.69. The highest BCUT2D eigenvalue weighted by molar-refractivity contribution is 5.73. The van der Waals surface area contributed by atoms with Gasteiger partial charge in [0.1, 0.15) is 0 Å². The quantitative estimate of drug-likeness (QED) is 0.759. The molecule has 104 valence electrons. The molecule has 4 heteroatoms. The van der Waals surface area contributed by atoms with E-state index in [-0.39, 0.29) is 11.4 Å². The molecule has 1 aliphatic rings. The maximum atomic E-state index is 11.8. The van der Waals surface area contributed by atoms with Crippen molar-refractivity contribution in [2.45, 2.75) is 32.2 Å². The van der Waals surface area contributed by atoms with Gasteiger partial charge in [0.15, 0.2) is 0 Å². The van der Waals surface area contributed by atoms with E-state index in [0.717, 1.165) is 18.4 Å². The van der Waals surface area contributed by atoms with Crippen LogP contribution in [0.3, 0.4) is 0 Å². The van der Waals surface area contributed by atoms with E-state index in [4.69, 9.17) is 5.73 Å². The molecule has 0 unspecified atom stereocenters. The van der Waals surface area contributed by atoms with Crippen molar-refractivity contribution in [1.82, 2.24) is 10.6 Å². The first-order chi connectivity index (χ1) is 9.24. The third kappa shape index (κ3) is 3.96. The van der Waals surface area contributed by atoms with Crippen molar-refractivity contribution in [2.75, 3.05) is 13.1 Å². The summed E-state index contributed by atoms with van der Waals surface area (Å²) in [6.45, 7) is 1.90.